The van der Waals surface area contributed by atoms with E-state index in [2.05, 4.69) is 19.1 Å². The molecule has 0 spiro atoms. The molecule has 17 heavy (non-hydrogen) atoms. The molecule has 2 N–H and O–H groups in total. The number of anilines is 1. The van der Waals surface area contributed by atoms with Crippen molar-refractivity contribution in [3.8, 4) is 0 Å². The molecule has 0 aliphatic rings. The highest BCUT2D eigenvalue weighted by molar-refractivity contribution is 7.98. The molecule has 0 atom stereocenters. The monoisotopic (exact) mass is 267 g/mol. The third-order valence-electron chi connectivity index (χ3n) is 2.39. The molecule has 0 fully saturated rings. The molecule has 0 bridgehead atoms. The maximum absolute atomic E-state index is 13.5. The van der Waals surface area contributed by atoms with Crippen LogP contribution >= 0.6 is 23.1 Å². The van der Waals surface area contributed by atoms with Gasteiger partial charge in [0.25, 0.3) is 0 Å². The Morgan fingerprint density at radius 2 is 2.00 bits per heavy atom. The minimum Gasteiger partial charge on any atom is -0.399 e. The van der Waals surface area contributed by atoms with Crippen molar-refractivity contribution in [2.75, 3.05) is 5.73 Å². The minimum absolute atomic E-state index is 0.234. The zero-order chi connectivity index (χ0) is 12.3. The first-order valence-corrected chi connectivity index (χ1v) is 7.24. The highest BCUT2D eigenvalue weighted by Crippen LogP contribution is 2.29. The maximum Gasteiger partial charge on any atom is 0.138 e. The molecule has 0 aliphatic heterocycles. The smallest absolute Gasteiger partial charge is 0.138 e. The van der Waals surface area contributed by atoms with Crippen molar-refractivity contribution < 1.29 is 4.39 Å². The zero-order valence-electron chi connectivity index (χ0n) is 9.57. The Labute approximate surface area is 109 Å². The minimum atomic E-state index is -0.234. The summed E-state index contributed by atoms with van der Waals surface area (Å²) in [7, 11) is 0. The Morgan fingerprint density at radius 3 is 2.65 bits per heavy atom. The largest absolute Gasteiger partial charge is 0.399 e. The van der Waals surface area contributed by atoms with Crippen molar-refractivity contribution in [3.63, 3.8) is 0 Å². The molecule has 0 saturated carbocycles. The van der Waals surface area contributed by atoms with E-state index in [1.165, 1.54) is 27.6 Å². The van der Waals surface area contributed by atoms with Crippen LogP contribution in [0.15, 0.2) is 35.2 Å². The fourth-order valence-corrected chi connectivity index (χ4v) is 3.39. The fraction of sp³-hybridized carbons (Fsp3) is 0.231. The fourth-order valence-electron chi connectivity index (χ4n) is 1.47. The highest BCUT2D eigenvalue weighted by atomic mass is 32.2. The van der Waals surface area contributed by atoms with Crippen LogP contribution in [0.1, 0.15) is 16.7 Å². The Kier molecular flexibility index (Phi) is 4.07. The summed E-state index contributed by atoms with van der Waals surface area (Å²) in [4.78, 5) is 3.31. The van der Waals surface area contributed by atoms with Crippen LogP contribution in [0.5, 0.6) is 0 Å². The third-order valence-corrected chi connectivity index (χ3v) is 4.90. The van der Waals surface area contributed by atoms with Gasteiger partial charge in [0.15, 0.2) is 0 Å². The number of hydrogen-bond acceptors (Lipinski definition) is 3. The molecule has 0 unspecified atom stereocenters. The molecule has 0 radical (unpaired) electrons. The molecule has 1 aromatic carbocycles. The Hall–Kier alpha value is -1.00. The second-order valence-corrected chi connectivity index (χ2v) is 5.97. The molecule has 0 aliphatic carbocycles. The number of thioether (sulfide) groups is 1. The summed E-state index contributed by atoms with van der Waals surface area (Å²) < 4.78 is 13.5. The Morgan fingerprint density at radius 1 is 1.24 bits per heavy atom. The van der Waals surface area contributed by atoms with Crippen molar-refractivity contribution in [2.45, 2.75) is 24.0 Å². The van der Waals surface area contributed by atoms with Gasteiger partial charge in [-0.25, -0.2) is 4.39 Å². The van der Waals surface area contributed by atoms with E-state index in [4.69, 9.17) is 5.73 Å². The van der Waals surface area contributed by atoms with Crippen LogP contribution in [0.2, 0.25) is 0 Å². The molecule has 1 nitrogen and oxygen atoms in total. The van der Waals surface area contributed by atoms with E-state index >= 15 is 0 Å². The van der Waals surface area contributed by atoms with Gasteiger partial charge in [-0.15, -0.1) is 23.1 Å². The maximum atomic E-state index is 13.5. The second kappa shape index (κ2) is 5.56. The molecule has 4 heteroatoms. The Balaban J connectivity index is 2.02. The van der Waals surface area contributed by atoms with Crippen molar-refractivity contribution in [2.24, 2.45) is 0 Å². The summed E-state index contributed by atoms with van der Waals surface area (Å²) >= 11 is 3.31. The van der Waals surface area contributed by atoms with Gasteiger partial charge in [-0.05, 0) is 36.8 Å². The molecule has 1 heterocycles. The zero-order valence-corrected chi connectivity index (χ0v) is 11.2. The predicted octanol–water partition coefficient (Wildman–Crippen LogP) is 4.32. The first-order valence-electron chi connectivity index (χ1n) is 5.44. The summed E-state index contributed by atoms with van der Waals surface area (Å²) in [5.74, 6) is 0.577. The van der Waals surface area contributed by atoms with Crippen LogP contribution in [0, 0.1) is 5.82 Å². The van der Waals surface area contributed by atoms with Crippen LogP contribution in [-0.2, 0) is 12.2 Å². The number of thiophene rings is 1. The van der Waals surface area contributed by atoms with E-state index in [0.717, 1.165) is 12.2 Å². The van der Waals surface area contributed by atoms with E-state index in [1.807, 2.05) is 0 Å². The van der Waals surface area contributed by atoms with Crippen LogP contribution < -0.4 is 5.73 Å². The lowest BCUT2D eigenvalue weighted by Crippen LogP contribution is -1.88. The van der Waals surface area contributed by atoms with Gasteiger partial charge in [0.2, 0.25) is 0 Å². The van der Waals surface area contributed by atoms with Gasteiger partial charge < -0.3 is 5.73 Å². The van der Waals surface area contributed by atoms with Gasteiger partial charge >= 0.3 is 0 Å². The lowest BCUT2D eigenvalue weighted by atomic mass is 10.3. The van der Waals surface area contributed by atoms with Crippen LogP contribution in [0.3, 0.4) is 0 Å². The average molecular weight is 267 g/mol. The molecular formula is C13H14FNS2. The molecular weight excluding hydrogens is 253 g/mol. The van der Waals surface area contributed by atoms with E-state index in [0.29, 0.717) is 10.6 Å². The number of halogens is 1. The van der Waals surface area contributed by atoms with Gasteiger partial charge in [-0.1, -0.05) is 6.92 Å². The first kappa shape index (κ1) is 12.5. The van der Waals surface area contributed by atoms with Crippen molar-refractivity contribution in [1.82, 2.24) is 0 Å². The van der Waals surface area contributed by atoms with Crippen LogP contribution in [0.25, 0.3) is 0 Å². The van der Waals surface area contributed by atoms with Crippen LogP contribution in [0.4, 0.5) is 10.1 Å². The van der Waals surface area contributed by atoms with Crippen molar-refractivity contribution in [3.05, 3.63) is 45.9 Å². The third kappa shape index (κ3) is 3.23. The van der Waals surface area contributed by atoms with Gasteiger partial charge in [-0.3, -0.25) is 0 Å². The van der Waals surface area contributed by atoms with E-state index in [9.17, 15) is 4.39 Å². The number of hydrogen-bond donors (Lipinski definition) is 1. The number of nitrogen functional groups attached to an aromatic ring is 1. The number of benzene rings is 1. The van der Waals surface area contributed by atoms with Gasteiger partial charge in [0.05, 0.1) is 0 Å². The molecule has 2 aromatic rings. The second-order valence-electron chi connectivity index (χ2n) is 3.70. The number of aryl methyl sites for hydroxylation is 1. The summed E-state index contributed by atoms with van der Waals surface area (Å²) in [6.07, 6.45) is 1.06. The quantitative estimate of drug-likeness (QED) is 0.659. The van der Waals surface area contributed by atoms with E-state index in [1.54, 1.807) is 23.5 Å². The highest BCUT2D eigenvalue weighted by Gasteiger charge is 2.05. The topological polar surface area (TPSA) is 26.0 Å². The van der Waals surface area contributed by atoms with Crippen molar-refractivity contribution >= 4 is 28.8 Å². The van der Waals surface area contributed by atoms with E-state index in [-0.39, 0.29) is 5.82 Å². The first-order chi connectivity index (χ1) is 8.19. The van der Waals surface area contributed by atoms with Gasteiger partial charge in [-0.2, -0.15) is 0 Å². The average Bonchev–Trinajstić information content (AvgIpc) is 2.76. The predicted molar refractivity (Wildman–Crippen MR) is 74.1 cm³/mol. The summed E-state index contributed by atoms with van der Waals surface area (Å²) in [5.41, 5.74) is 5.98. The number of rotatable bonds is 4. The van der Waals surface area contributed by atoms with Crippen molar-refractivity contribution in [1.29, 1.82) is 0 Å². The SMILES string of the molecule is CCc1ccc(CSc2ccc(N)cc2F)s1. The summed E-state index contributed by atoms with van der Waals surface area (Å²) in [6.45, 7) is 2.14. The molecule has 0 amide bonds. The van der Waals surface area contributed by atoms with Gasteiger partial charge in [0, 0.05) is 26.1 Å². The lowest BCUT2D eigenvalue weighted by molar-refractivity contribution is 0.603. The number of nitrogens with two attached hydrogens (primary N) is 1. The Bertz CT molecular complexity index is 508. The van der Waals surface area contributed by atoms with E-state index < -0.39 is 0 Å². The molecule has 0 saturated heterocycles. The summed E-state index contributed by atoms with van der Waals surface area (Å²) in [5, 5.41) is 0. The lowest BCUT2D eigenvalue weighted by Gasteiger charge is -2.02. The molecule has 90 valence electrons. The summed E-state index contributed by atoms with van der Waals surface area (Å²) in [6, 6.07) is 9.10. The van der Waals surface area contributed by atoms with Gasteiger partial charge in [0.1, 0.15) is 5.82 Å². The molecule has 2 rings (SSSR count). The normalized spacial score (nSPS) is 10.7. The molecule has 1 aromatic heterocycles. The van der Waals surface area contributed by atoms with Crippen LogP contribution in [-0.4, -0.2) is 0 Å². The standard InChI is InChI=1S/C13H14FNS2/c1-2-10-4-5-11(17-10)8-16-13-6-3-9(15)7-12(13)14/h3-7H,2,8,15H2,1H3.